The van der Waals surface area contributed by atoms with E-state index >= 15 is 0 Å². The molecule has 0 heterocycles. The first-order chi connectivity index (χ1) is 30.2. The van der Waals surface area contributed by atoms with Crippen LogP contribution in [0.25, 0.3) is 0 Å². The summed E-state index contributed by atoms with van der Waals surface area (Å²) in [7, 11) is 0. The van der Waals surface area contributed by atoms with Crippen LogP contribution < -0.4 is 0 Å². The van der Waals surface area contributed by atoms with Gasteiger partial charge in [0.1, 0.15) is 13.2 Å². The molecule has 0 spiro atoms. The van der Waals surface area contributed by atoms with E-state index in [9.17, 15) is 14.4 Å². The Bertz CT molecular complexity index is 964. The summed E-state index contributed by atoms with van der Waals surface area (Å²) in [5.74, 6) is 1.68. The maximum absolute atomic E-state index is 12.8. The highest BCUT2D eigenvalue weighted by Gasteiger charge is 2.19. The molecule has 368 valence electrons. The quantitative estimate of drug-likeness (QED) is 0.0344. The van der Waals surface area contributed by atoms with Crippen molar-refractivity contribution < 1.29 is 28.6 Å². The van der Waals surface area contributed by atoms with Crippen molar-refractivity contribution in [3.05, 3.63) is 0 Å². The van der Waals surface area contributed by atoms with Crippen molar-refractivity contribution in [3.8, 4) is 0 Å². The number of hydrogen-bond donors (Lipinski definition) is 0. The molecule has 6 nitrogen and oxygen atoms in total. The summed E-state index contributed by atoms with van der Waals surface area (Å²) in [6, 6.07) is 0. The van der Waals surface area contributed by atoms with Crippen molar-refractivity contribution in [1.82, 2.24) is 0 Å². The summed E-state index contributed by atoms with van der Waals surface area (Å²) in [6.45, 7) is 13.7. The van der Waals surface area contributed by atoms with Crippen LogP contribution in [-0.2, 0) is 28.6 Å². The molecule has 62 heavy (non-hydrogen) atoms. The average Bonchev–Trinajstić information content (AvgIpc) is 3.26. The van der Waals surface area contributed by atoms with Crippen LogP contribution in [0, 0.1) is 17.8 Å². The zero-order chi connectivity index (χ0) is 45.6. The number of rotatable bonds is 49. The first kappa shape index (κ1) is 60.4. The molecule has 0 aromatic heterocycles. The molecule has 0 saturated heterocycles. The second-order valence-electron chi connectivity index (χ2n) is 20.2. The second-order valence-corrected chi connectivity index (χ2v) is 20.2. The van der Waals surface area contributed by atoms with Crippen molar-refractivity contribution in [1.29, 1.82) is 0 Å². The van der Waals surface area contributed by atoms with Crippen LogP contribution in [-0.4, -0.2) is 37.2 Å². The lowest BCUT2D eigenvalue weighted by Crippen LogP contribution is -2.30. The molecular weight excluding hydrogens is 769 g/mol. The molecule has 6 heteroatoms. The molecule has 0 radical (unpaired) electrons. The third-order valence-corrected chi connectivity index (χ3v) is 13.4. The standard InChI is InChI=1S/C56H108O6/c1-7-51(5)43-37-31-25-19-17-15-13-11-9-10-12-14-16-18-20-27-33-39-45-54(57)60-48-53(49-61-55(58)46-40-34-29-23-24-30-36-42-50(3)4)62-56(59)47-41-35-28-22-21-26-32-38-44-52(6)8-2/h50-53H,7-49H2,1-6H3/t51?,52?,53-/m1/s1. The van der Waals surface area contributed by atoms with E-state index in [1.807, 2.05) is 0 Å². The lowest BCUT2D eigenvalue weighted by molar-refractivity contribution is -0.167. The first-order valence-corrected chi connectivity index (χ1v) is 27.7. The Morgan fingerprint density at radius 2 is 0.565 bits per heavy atom. The summed E-state index contributed by atoms with van der Waals surface area (Å²) < 4.78 is 16.8. The van der Waals surface area contributed by atoms with E-state index in [0.29, 0.717) is 19.3 Å². The van der Waals surface area contributed by atoms with Crippen LogP contribution in [0.1, 0.15) is 305 Å². The molecule has 0 amide bonds. The van der Waals surface area contributed by atoms with Gasteiger partial charge in [-0.1, -0.05) is 266 Å². The maximum atomic E-state index is 12.8. The summed E-state index contributed by atoms with van der Waals surface area (Å²) in [4.78, 5) is 38.0. The second kappa shape index (κ2) is 47.4. The number of esters is 3. The first-order valence-electron chi connectivity index (χ1n) is 27.7. The van der Waals surface area contributed by atoms with Gasteiger partial charge in [-0.05, 0) is 37.0 Å². The fourth-order valence-corrected chi connectivity index (χ4v) is 8.40. The minimum atomic E-state index is -0.763. The van der Waals surface area contributed by atoms with Gasteiger partial charge >= 0.3 is 17.9 Å². The van der Waals surface area contributed by atoms with Crippen LogP contribution in [0.3, 0.4) is 0 Å². The van der Waals surface area contributed by atoms with E-state index in [2.05, 4.69) is 41.5 Å². The smallest absolute Gasteiger partial charge is 0.306 e. The Kier molecular flexibility index (Phi) is 46.2. The molecule has 0 aliphatic rings. The summed E-state index contributed by atoms with van der Waals surface area (Å²) in [5, 5.41) is 0. The molecule has 3 atom stereocenters. The van der Waals surface area contributed by atoms with Crippen molar-refractivity contribution in [2.75, 3.05) is 13.2 Å². The lowest BCUT2D eigenvalue weighted by atomic mass is 9.99. The van der Waals surface area contributed by atoms with Gasteiger partial charge in [0.2, 0.25) is 0 Å². The van der Waals surface area contributed by atoms with Gasteiger partial charge in [0.15, 0.2) is 6.10 Å². The predicted molar refractivity (Wildman–Crippen MR) is 266 cm³/mol. The minimum absolute atomic E-state index is 0.0650. The molecule has 2 unspecified atom stereocenters. The normalized spacial score (nSPS) is 13.0. The molecule has 0 aliphatic heterocycles. The Hall–Kier alpha value is -1.59. The molecule has 0 aliphatic carbocycles. The number of unbranched alkanes of at least 4 members (excludes halogenated alkanes) is 30. The summed E-state index contributed by atoms with van der Waals surface area (Å²) in [5.41, 5.74) is 0. The summed E-state index contributed by atoms with van der Waals surface area (Å²) in [6.07, 6.45) is 48.1. The SMILES string of the molecule is CCC(C)CCCCCCCCCCCCCCCCCCCCC(=O)OC[C@H](COC(=O)CCCCCCCCCC(C)C)OC(=O)CCCCCCCCCCC(C)CC. The molecule has 0 N–H and O–H groups in total. The molecule has 0 bridgehead atoms. The van der Waals surface area contributed by atoms with E-state index < -0.39 is 6.10 Å². The molecule has 0 fully saturated rings. The number of carbonyl (C=O) groups excluding carboxylic acids is 3. The maximum Gasteiger partial charge on any atom is 0.306 e. The van der Waals surface area contributed by atoms with Crippen LogP contribution >= 0.6 is 0 Å². The molecule has 0 rings (SSSR count). The van der Waals surface area contributed by atoms with Crippen LogP contribution in [0.4, 0.5) is 0 Å². The predicted octanol–water partition coefficient (Wildman–Crippen LogP) is 17.9. The Labute approximate surface area is 387 Å². The summed E-state index contributed by atoms with van der Waals surface area (Å²) >= 11 is 0. The third kappa shape index (κ3) is 46.4. The zero-order valence-corrected chi connectivity index (χ0v) is 42.7. The highest BCUT2D eigenvalue weighted by molar-refractivity contribution is 5.71. The van der Waals surface area contributed by atoms with E-state index in [1.54, 1.807) is 0 Å². The van der Waals surface area contributed by atoms with E-state index in [-0.39, 0.29) is 31.1 Å². The van der Waals surface area contributed by atoms with E-state index in [0.717, 1.165) is 75.5 Å². The molecule has 0 aromatic carbocycles. The lowest BCUT2D eigenvalue weighted by Gasteiger charge is -2.18. The highest BCUT2D eigenvalue weighted by Crippen LogP contribution is 2.19. The van der Waals surface area contributed by atoms with Gasteiger partial charge < -0.3 is 14.2 Å². The number of hydrogen-bond acceptors (Lipinski definition) is 6. The number of carbonyl (C=O) groups is 3. The van der Waals surface area contributed by atoms with E-state index in [4.69, 9.17) is 14.2 Å². The van der Waals surface area contributed by atoms with Crippen molar-refractivity contribution in [2.45, 2.75) is 311 Å². The molecule has 0 aromatic rings. The third-order valence-electron chi connectivity index (χ3n) is 13.4. The largest absolute Gasteiger partial charge is 0.462 e. The van der Waals surface area contributed by atoms with Crippen LogP contribution in [0.15, 0.2) is 0 Å². The van der Waals surface area contributed by atoms with Crippen molar-refractivity contribution >= 4 is 17.9 Å². The van der Waals surface area contributed by atoms with Crippen LogP contribution in [0.5, 0.6) is 0 Å². The monoisotopic (exact) mass is 877 g/mol. The van der Waals surface area contributed by atoms with Crippen molar-refractivity contribution in [2.24, 2.45) is 17.8 Å². The fraction of sp³-hybridized carbons (Fsp3) is 0.946. The van der Waals surface area contributed by atoms with Gasteiger partial charge in [-0.2, -0.15) is 0 Å². The van der Waals surface area contributed by atoms with Gasteiger partial charge in [0.05, 0.1) is 0 Å². The van der Waals surface area contributed by atoms with Gasteiger partial charge in [0.25, 0.3) is 0 Å². The van der Waals surface area contributed by atoms with Gasteiger partial charge in [-0.25, -0.2) is 0 Å². The molecular formula is C56H108O6. The van der Waals surface area contributed by atoms with Gasteiger partial charge in [0, 0.05) is 19.3 Å². The Morgan fingerprint density at radius 1 is 0.323 bits per heavy atom. The van der Waals surface area contributed by atoms with E-state index in [1.165, 1.54) is 186 Å². The average molecular weight is 877 g/mol. The minimum Gasteiger partial charge on any atom is -0.462 e. The van der Waals surface area contributed by atoms with Crippen molar-refractivity contribution in [3.63, 3.8) is 0 Å². The van der Waals surface area contributed by atoms with Crippen LogP contribution in [0.2, 0.25) is 0 Å². The highest BCUT2D eigenvalue weighted by atomic mass is 16.6. The zero-order valence-electron chi connectivity index (χ0n) is 42.7. The fourth-order valence-electron chi connectivity index (χ4n) is 8.40. The topological polar surface area (TPSA) is 78.9 Å². The Balaban J connectivity index is 4.19. The molecule has 0 saturated carbocycles. The number of ether oxygens (including phenoxy) is 3. The van der Waals surface area contributed by atoms with Gasteiger partial charge in [-0.3, -0.25) is 14.4 Å². The Morgan fingerprint density at radius 3 is 0.839 bits per heavy atom. The van der Waals surface area contributed by atoms with Gasteiger partial charge in [-0.15, -0.1) is 0 Å².